The first kappa shape index (κ1) is 11.8. The van der Waals surface area contributed by atoms with E-state index >= 15 is 0 Å². The first-order valence-corrected chi connectivity index (χ1v) is 6.21. The number of carbonyl (C=O) groups is 1. The van der Waals surface area contributed by atoms with Crippen LogP contribution in [-0.4, -0.2) is 18.1 Å². The molecule has 1 atom stereocenters. The van der Waals surface area contributed by atoms with Crippen molar-refractivity contribution in [1.29, 1.82) is 0 Å². The number of hydrogen-bond donors (Lipinski definition) is 0. The highest BCUT2D eigenvalue weighted by molar-refractivity contribution is 7.09. The second-order valence-electron chi connectivity index (χ2n) is 3.69. The van der Waals surface area contributed by atoms with E-state index in [1.807, 2.05) is 42.8 Å². The van der Waals surface area contributed by atoms with E-state index in [9.17, 15) is 4.79 Å². The highest BCUT2D eigenvalue weighted by Gasteiger charge is 2.18. The van der Waals surface area contributed by atoms with Gasteiger partial charge < -0.3 is 4.74 Å². The zero-order chi connectivity index (χ0) is 12.1. The van der Waals surface area contributed by atoms with Crippen molar-refractivity contribution in [3.05, 3.63) is 52.0 Å². The number of benzene rings is 1. The molecule has 0 aliphatic rings. The second-order valence-corrected chi connectivity index (χ2v) is 4.58. The molecule has 1 unspecified atom stereocenters. The van der Waals surface area contributed by atoms with Crippen LogP contribution in [0.1, 0.15) is 22.1 Å². The van der Waals surface area contributed by atoms with E-state index in [2.05, 4.69) is 4.98 Å². The summed E-state index contributed by atoms with van der Waals surface area (Å²) >= 11 is 1.60. The molecule has 2 aromatic rings. The Balaban J connectivity index is 2.32. The lowest BCUT2D eigenvalue weighted by Crippen LogP contribution is -2.08. The smallest absolute Gasteiger partial charge is 0.293 e. The molecule has 0 spiro atoms. The van der Waals surface area contributed by atoms with Gasteiger partial charge in [0.1, 0.15) is 6.61 Å². The van der Waals surface area contributed by atoms with Crippen molar-refractivity contribution in [1.82, 2.24) is 4.98 Å². The fourth-order valence-electron chi connectivity index (χ4n) is 1.79. The van der Waals surface area contributed by atoms with E-state index in [1.165, 1.54) is 0 Å². The van der Waals surface area contributed by atoms with E-state index in [4.69, 9.17) is 4.74 Å². The van der Waals surface area contributed by atoms with Gasteiger partial charge in [0.25, 0.3) is 6.47 Å². The third kappa shape index (κ3) is 2.71. The maximum atomic E-state index is 10.4. The summed E-state index contributed by atoms with van der Waals surface area (Å²) in [4.78, 5) is 15.8. The normalized spacial score (nSPS) is 12.1. The predicted octanol–water partition coefficient (Wildman–Crippen LogP) is 2.76. The molecule has 1 heterocycles. The van der Waals surface area contributed by atoms with Crippen LogP contribution in [0, 0.1) is 6.92 Å². The molecule has 0 N–H and O–H groups in total. The van der Waals surface area contributed by atoms with Crippen molar-refractivity contribution in [2.45, 2.75) is 12.8 Å². The largest absolute Gasteiger partial charge is 0.467 e. The van der Waals surface area contributed by atoms with Crippen molar-refractivity contribution in [3.63, 3.8) is 0 Å². The Bertz CT molecular complexity index is 481. The Kier molecular flexibility index (Phi) is 3.88. The summed E-state index contributed by atoms with van der Waals surface area (Å²) in [6.07, 6.45) is 0. The number of ether oxygens (including phenoxy) is 1. The maximum Gasteiger partial charge on any atom is 0.293 e. The summed E-state index contributed by atoms with van der Waals surface area (Å²) in [6, 6.07) is 10.0. The van der Waals surface area contributed by atoms with Crippen molar-refractivity contribution in [2.24, 2.45) is 0 Å². The number of aromatic nitrogens is 1. The number of carbonyl (C=O) groups excluding carboxylic acids is 1. The summed E-state index contributed by atoms with van der Waals surface area (Å²) in [5.41, 5.74) is 3.96. The lowest BCUT2D eigenvalue weighted by molar-refractivity contribution is -0.128. The molecule has 1 aromatic heterocycles. The van der Waals surface area contributed by atoms with Gasteiger partial charge in [-0.3, -0.25) is 4.79 Å². The van der Waals surface area contributed by atoms with Crippen LogP contribution < -0.4 is 0 Å². The van der Waals surface area contributed by atoms with Crippen LogP contribution in [0.15, 0.2) is 35.8 Å². The first-order chi connectivity index (χ1) is 8.33. The molecule has 0 amide bonds. The van der Waals surface area contributed by atoms with Crippen LogP contribution in [0.3, 0.4) is 0 Å². The van der Waals surface area contributed by atoms with Crippen LogP contribution in [0.25, 0.3) is 0 Å². The van der Waals surface area contributed by atoms with E-state index in [0.29, 0.717) is 13.1 Å². The number of hydrogen-bond acceptors (Lipinski definition) is 4. The Morgan fingerprint density at radius 3 is 2.76 bits per heavy atom. The second kappa shape index (κ2) is 5.59. The fraction of sp³-hybridized carbons (Fsp3) is 0.231. The molecule has 0 saturated heterocycles. The molecule has 0 fully saturated rings. The number of nitrogens with zero attached hydrogens (tertiary/aromatic N) is 1. The number of thiazole rings is 1. The molecule has 2 rings (SSSR count). The summed E-state index contributed by atoms with van der Waals surface area (Å²) < 4.78 is 4.93. The standard InChI is InChI=1S/C13H13NO2S/c1-10-13(17-8-14-10)12(7-16-9-15)11-5-3-2-4-6-11/h2-6,8-9,12H,7H2,1H3. The van der Waals surface area contributed by atoms with Crippen LogP contribution >= 0.6 is 11.3 Å². The van der Waals surface area contributed by atoms with E-state index < -0.39 is 0 Å². The van der Waals surface area contributed by atoms with Crippen LogP contribution in [0.2, 0.25) is 0 Å². The molecule has 0 aliphatic carbocycles. The molecule has 0 saturated carbocycles. The molecule has 3 nitrogen and oxygen atoms in total. The zero-order valence-electron chi connectivity index (χ0n) is 9.50. The third-order valence-corrected chi connectivity index (χ3v) is 3.68. The Morgan fingerprint density at radius 1 is 1.41 bits per heavy atom. The summed E-state index contributed by atoms with van der Waals surface area (Å²) in [5.74, 6) is 0.0777. The average Bonchev–Trinajstić information content (AvgIpc) is 2.78. The molecular formula is C13H13NO2S. The zero-order valence-corrected chi connectivity index (χ0v) is 10.3. The van der Waals surface area contributed by atoms with Gasteiger partial charge in [-0.15, -0.1) is 11.3 Å². The lowest BCUT2D eigenvalue weighted by Gasteiger charge is -2.15. The third-order valence-electron chi connectivity index (χ3n) is 2.63. The fourth-order valence-corrected chi connectivity index (χ4v) is 2.71. The van der Waals surface area contributed by atoms with Crippen molar-refractivity contribution in [3.8, 4) is 0 Å². The van der Waals surface area contributed by atoms with Gasteiger partial charge in [0.15, 0.2) is 0 Å². The average molecular weight is 247 g/mol. The van der Waals surface area contributed by atoms with E-state index in [0.717, 1.165) is 16.1 Å². The summed E-state index contributed by atoms with van der Waals surface area (Å²) in [5, 5.41) is 0. The number of rotatable bonds is 5. The van der Waals surface area contributed by atoms with Gasteiger partial charge in [-0.2, -0.15) is 0 Å². The van der Waals surface area contributed by atoms with Crippen molar-refractivity contribution in [2.75, 3.05) is 6.61 Å². The molecule has 0 aliphatic heterocycles. The van der Waals surface area contributed by atoms with Gasteiger partial charge in [-0.05, 0) is 12.5 Å². The van der Waals surface area contributed by atoms with Crippen LogP contribution in [0.5, 0.6) is 0 Å². The summed E-state index contributed by atoms with van der Waals surface area (Å²) in [6.45, 7) is 2.82. The molecule has 4 heteroatoms. The van der Waals surface area contributed by atoms with Gasteiger partial charge in [0, 0.05) is 4.88 Å². The minimum Gasteiger partial charge on any atom is -0.467 e. The molecule has 0 radical (unpaired) electrons. The van der Waals surface area contributed by atoms with Gasteiger partial charge in [-0.1, -0.05) is 30.3 Å². The number of aryl methyl sites for hydroxylation is 1. The van der Waals surface area contributed by atoms with E-state index in [1.54, 1.807) is 11.3 Å². The molecule has 17 heavy (non-hydrogen) atoms. The predicted molar refractivity (Wildman–Crippen MR) is 67.2 cm³/mol. The quantitative estimate of drug-likeness (QED) is 0.763. The monoisotopic (exact) mass is 247 g/mol. The van der Waals surface area contributed by atoms with Crippen LogP contribution in [-0.2, 0) is 9.53 Å². The SMILES string of the molecule is Cc1ncsc1C(COC=O)c1ccccc1. The van der Waals surface area contributed by atoms with Crippen LogP contribution in [0.4, 0.5) is 0 Å². The van der Waals surface area contributed by atoms with Gasteiger partial charge in [0.05, 0.1) is 17.1 Å². The van der Waals surface area contributed by atoms with Gasteiger partial charge in [-0.25, -0.2) is 4.98 Å². The molecular weight excluding hydrogens is 234 g/mol. The topological polar surface area (TPSA) is 39.2 Å². The highest BCUT2D eigenvalue weighted by atomic mass is 32.1. The summed E-state index contributed by atoms with van der Waals surface area (Å²) in [7, 11) is 0. The first-order valence-electron chi connectivity index (χ1n) is 5.33. The van der Waals surface area contributed by atoms with Gasteiger partial charge in [0.2, 0.25) is 0 Å². The van der Waals surface area contributed by atoms with Gasteiger partial charge >= 0.3 is 0 Å². The minimum atomic E-state index is 0.0777. The highest BCUT2D eigenvalue weighted by Crippen LogP contribution is 2.30. The van der Waals surface area contributed by atoms with E-state index in [-0.39, 0.29) is 5.92 Å². The lowest BCUT2D eigenvalue weighted by atomic mass is 9.97. The molecule has 0 bridgehead atoms. The maximum absolute atomic E-state index is 10.4. The van der Waals surface area contributed by atoms with Crippen molar-refractivity contribution >= 4 is 17.8 Å². The van der Waals surface area contributed by atoms with Crippen molar-refractivity contribution < 1.29 is 9.53 Å². The molecule has 88 valence electrons. The Labute approximate surface area is 104 Å². The Morgan fingerprint density at radius 2 is 2.18 bits per heavy atom. The molecule has 1 aromatic carbocycles. The Hall–Kier alpha value is -1.68. The minimum absolute atomic E-state index is 0.0777.